The van der Waals surface area contributed by atoms with Crippen molar-refractivity contribution < 1.29 is 9.53 Å². The molecule has 0 bridgehead atoms. The molecule has 0 atom stereocenters. The minimum absolute atomic E-state index is 0.0214. The highest BCUT2D eigenvalue weighted by molar-refractivity contribution is 5.94. The van der Waals surface area contributed by atoms with E-state index in [0.717, 1.165) is 18.6 Å². The van der Waals surface area contributed by atoms with Crippen molar-refractivity contribution in [2.75, 3.05) is 13.2 Å². The summed E-state index contributed by atoms with van der Waals surface area (Å²) in [5, 5.41) is 10.8. The summed E-state index contributed by atoms with van der Waals surface area (Å²) in [6.07, 6.45) is 2.11. The number of unbranched alkanes of at least 4 members (excludes halogenated alkanes) is 1. The fourth-order valence-electron chi connectivity index (χ4n) is 1.26. The molecule has 1 amide bonds. The van der Waals surface area contributed by atoms with Gasteiger partial charge in [0.1, 0.15) is 12.3 Å². The Bertz CT molecular complexity index is 393. The third-order valence-electron chi connectivity index (χ3n) is 2.21. The van der Waals surface area contributed by atoms with Crippen LogP contribution in [0.15, 0.2) is 24.3 Å². The fraction of sp³-hybridized carbons (Fsp3) is 0.385. The van der Waals surface area contributed by atoms with Gasteiger partial charge in [-0.2, -0.15) is 5.26 Å². The molecule has 17 heavy (non-hydrogen) atoms. The molecular weight excluding hydrogens is 216 g/mol. The number of hydrogen-bond acceptors (Lipinski definition) is 3. The van der Waals surface area contributed by atoms with Crippen LogP contribution in [0, 0.1) is 11.3 Å². The van der Waals surface area contributed by atoms with Gasteiger partial charge in [-0.05, 0) is 30.7 Å². The average molecular weight is 232 g/mol. The molecule has 0 unspecified atom stereocenters. The van der Waals surface area contributed by atoms with E-state index in [9.17, 15) is 4.79 Å². The SMILES string of the molecule is CCCCOc1ccc(C(=O)NCC#N)cc1. The predicted octanol–water partition coefficient (Wildman–Crippen LogP) is 2.12. The zero-order chi connectivity index (χ0) is 12.5. The van der Waals surface area contributed by atoms with Gasteiger partial charge in [-0.1, -0.05) is 13.3 Å². The van der Waals surface area contributed by atoms with E-state index >= 15 is 0 Å². The highest BCUT2D eigenvalue weighted by Crippen LogP contribution is 2.12. The van der Waals surface area contributed by atoms with Gasteiger partial charge in [0.2, 0.25) is 0 Å². The largest absolute Gasteiger partial charge is 0.494 e. The first-order valence-corrected chi connectivity index (χ1v) is 5.66. The lowest BCUT2D eigenvalue weighted by molar-refractivity contribution is 0.0958. The summed E-state index contributed by atoms with van der Waals surface area (Å²) in [5.41, 5.74) is 0.531. The Hall–Kier alpha value is -2.02. The first kappa shape index (κ1) is 13.0. The van der Waals surface area contributed by atoms with E-state index in [1.165, 1.54) is 0 Å². The first-order chi connectivity index (χ1) is 8.27. The van der Waals surface area contributed by atoms with Gasteiger partial charge >= 0.3 is 0 Å². The van der Waals surface area contributed by atoms with Gasteiger partial charge in [0, 0.05) is 5.56 Å². The molecule has 1 aromatic carbocycles. The number of carbonyl (C=O) groups is 1. The van der Waals surface area contributed by atoms with E-state index in [1.807, 2.05) is 6.07 Å². The molecule has 1 N–H and O–H groups in total. The zero-order valence-corrected chi connectivity index (χ0v) is 9.90. The molecule has 1 rings (SSSR count). The monoisotopic (exact) mass is 232 g/mol. The third kappa shape index (κ3) is 4.56. The lowest BCUT2D eigenvalue weighted by atomic mass is 10.2. The van der Waals surface area contributed by atoms with Gasteiger partial charge in [-0.15, -0.1) is 0 Å². The molecule has 1 aromatic rings. The van der Waals surface area contributed by atoms with Crippen LogP contribution in [0.4, 0.5) is 0 Å². The van der Waals surface area contributed by atoms with E-state index in [4.69, 9.17) is 10.00 Å². The fourth-order valence-corrected chi connectivity index (χ4v) is 1.26. The maximum absolute atomic E-state index is 11.5. The second kappa shape index (κ2) is 7.29. The van der Waals surface area contributed by atoms with Crippen LogP contribution in [-0.2, 0) is 0 Å². The molecule has 4 heteroatoms. The minimum atomic E-state index is -0.244. The Balaban J connectivity index is 2.50. The van der Waals surface area contributed by atoms with Crippen LogP contribution in [0.3, 0.4) is 0 Å². The summed E-state index contributed by atoms with van der Waals surface area (Å²) in [7, 11) is 0. The molecule has 0 saturated carbocycles. The number of nitrogens with one attached hydrogen (secondary N) is 1. The van der Waals surface area contributed by atoms with Gasteiger partial charge in [0.15, 0.2) is 0 Å². The highest BCUT2D eigenvalue weighted by Gasteiger charge is 2.04. The molecule has 0 fully saturated rings. The Kier molecular flexibility index (Phi) is 5.59. The van der Waals surface area contributed by atoms with Crippen LogP contribution < -0.4 is 10.1 Å². The lowest BCUT2D eigenvalue weighted by Crippen LogP contribution is -2.23. The molecule has 0 aliphatic heterocycles. The summed E-state index contributed by atoms with van der Waals surface area (Å²) in [5.74, 6) is 0.516. The normalized spacial score (nSPS) is 9.41. The van der Waals surface area contributed by atoms with E-state index in [2.05, 4.69) is 12.2 Å². The number of benzene rings is 1. The molecule has 90 valence electrons. The Morgan fingerprint density at radius 2 is 2.12 bits per heavy atom. The summed E-state index contributed by atoms with van der Waals surface area (Å²) in [4.78, 5) is 11.5. The molecule has 0 saturated heterocycles. The summed E-state index contributed by atoms with van der Waals surface area (Å²) < 4.78 is 5.48. The van der Waals surface area contributed by atoms with Crippen LogP contribution in [0.1, 0.15) is 30.1 Å². The highest BCUT2D eigenvalue weighted by atomic mass is 16.5. The number of ether oxygens (including phenoxy) is 1. The topological polar surface area (TPSA) is 62.1 Å². The Morgan fingerprint density at radius 1 is 1.41 bits per heavy atom. The van der Waals surface area contributed by atoms with Crippen LogP contribution in [-0.4, -0.2) is 19.1 Å². The summed E-state index contributed by atoms with van der Waals surface area (Å²) in [6.45, 7) is 2.82. The van der Waals surface area contributed by atoms with Crippen molar-refractivity contribution in [3.05, 3.63) is 29.8 Å². The number of nitriles is 1. The molecule has 0 heterocycles. The number of carbonyl (C=O) groups excluding carboxylic acids is 1. The van der Waals surface area contributed by atoms with Crippen molar-refractivity contribution in [3.63, 3.8) is 0 Å². The molecule has 0 aliphatic carbocycles. The first-order valence-electron chi connectivity index (χ1n) is 5.66. The van der Waals surface area contributed by atoms with Gasteiger partial charge in [-0.3, -0.25) is 4.79 Å². The van der Waals surface area contributed by atoms with Gasteiger partial charge < -0.3 is 10.1 Å². The van der Waals surface area contributed by atoms with Gasteiger partial charge in [0.25, 0.3) is 5.91 Å². The summed E-state index contributed by atoms with van der Waals surface area (Å²) >= 11 is 0. The van der Waals surface area contributed by atoms with Crippen molar-refractivity contribution in [1.29, 1.82) is 5.26 Å². The standard InChI is InChI=1S/C13H16N2O2/c1-2-3-10-17-12-6-4-11(5-7-12)13(16)15-9-8-14/h4-7H,2-3,9-10H2,1H3,(H,15,16). The number of rotatable bonds is 6. The van der Waals surface area contributed by atoms with Gasteiger partial charge in [-0.25, -0.2) is 0 Å². The molecule has 0 spiro atoms. The molecule has 4 nitrogen and oxygen atoms in total. The van der Waals surface area contributed by atoms with Crippen LogP contribution in [0.2, 0.25) is 0 Å². The van der Waals surface area contributed by atoms with E-state index in [0.29, 0.717) is 12.2 Å². The summed E-state index contributed by atoms with van der Waals surface area (Å²) in [6, 6.07) is 8.76. The average Bonchev–Trinajstić information content (AvgIpc) is 2.37. The van der Waals surface area contributed by atoms with E-state index < -0.39 is 0 Å². The van der Waals surface area contributed by atoms with Crippen molar-refractivity contribution in [2.45, 2.75) is 19.8 Å². The zero-order valence-electron chi connectivity index (χ0n) is 9.90. The van der Waals surface area contributed by atoms with Crippen molar-refractivity contribution in [1.82, 2.24) is 5.32 Å². The van der Waals surface area contributed by atoms with Crippen LogP contribution >= 0.6 is 0 Å². The smallest absolute Gasteiger partial charge is 0.252 e. The Morgan fingerprint density at radius 3 is 2.71 bits per heavy atom. The predicted molar refractivity (Wildman–Crippen MR) is 64.8 cm³/mol. The third-order valence-corrected chi connectivity index (χ3v) is 2.21. The molecule has 0 radical (unpaired) electrons. The van der Waals surface area contributed by atoms with Crippen molar-refractivity contribution >= 4 is 5.91 Å². The maximum Gasteiger partial charge on any atom is 0.252 e. The number of nitrogens with zero attached hydrogens (tertiary/aromatic N) is 1. The maximum atomic E-state index is 11.5. The van der Waals surface area contributed by atoms with Crippen LogP contribution in [0.25, 0.3) is 0 Å². The van der Waals surface area contributed by atoms with E-state index in [-0.39, 0.29) is 12.5 Å². The minimum Gasteiger partial charge on any atom is -0.494 e. The van der Waals surface area contributed by atoms with Crippen molar-refractivity contribution in [3.8, 4) is 11.8 Å². The quantitative estimate of drug-likeness (QED) is 0.603. The molecule has 0 aromatic heterocycles. The van der Waals surface area contributed by atoms with Crippen molar-refractivity contribution in [2.24, 2.45) is 0 Å². The number of hydrogen-bond donors (Lipinski definition) is 1. The van der Waals surface area contributed by atoms with Gasteiger partial charge in [0.05, 0.1) is 12.7 Å². The number of amides is 1. The lowest BCUT2D eigenvalue weighted by Gasteiger charge is -2.06. The second-order valence-electron chi connectivity index (χ2n) is 3.57. The molecule has 0 aliphatic rings. The van der Waals surface area contributed by atoms with Crippen LogP contribution in [0.5, 0.6) is 5.75 Å². The molecular formula is C13H16N2O2. The Labute approximate surface area is 101 Å². The van der Waals surface area contributed by atoms with E-state index in [1.54, 1.807) is 24.3 Å². The second-order valence-corrected chi connectivity index (χ2v) is 3.57.